The van der Waals surface area contributed by atoms with E-state index in [1.54, 1.807) is 22.9 Å². The fourth-order valence-electron chi connectivity index (χ4n) is 2.07. The van der Waals surface area contributed by atoms with Crippen molar-refractivity contribution < 1.29 is 4.92 Å². The number of anilines is 1. The number of aromatic nitrogens is 2. The molecule has 0 aliphatic carbocycles. The summed E-state index contributed by atoms with van der Waals surface area (Å²) in [5, 5.41) is 17.4. The number of rotatable bonds is 5. The zero-order chi connectivity index (χ0) is 14.8. The number of aryl methyl sites for hydroxylation is 1. The van der Waals surface area contributed by atoms with Crippen molar-refractivity contribution in [3.63, 3.8) is 0 Å². The van der Waals surface area contributed by atoms with Gasteiger partial charge in [0, 0.05) is 24.0 Å². The molecular weight excluding hydrogens is 308 g/mol. The first-order valence-electron chi connectivity index (χ1n) is 6.30. The van der Waals surface area contributed by atoms with E-state index < -0.39 is 0 Å². The molecule has 0 unspecified atom stereocenters. The summed E-state index contributed by atoms with van der Waals surface area (Å²) in [5.74, 6) is 0. The minimum Gasteiger partial charge on any atom is -0.379 e. The van der Waals surface area contributed by atoms with Gasteiger partial charge in [-0.25, -0.2) is 9.97 Å². The molecule has 0 bridgehead atoms. The monoisotopic (exact) mass is 320 g/mol. The topological polar surface area (TPSA) is 81.0 Å². The lowest BCUT2D eigenvalue weighted by Gasteiger charge is -2.06. The summed E-state index contributed by atoms with van der Waals surface area (Å²) in [4.78, 5) is 19.4. The summed E-state index contributed by atoms with van der Waals surface area (Å²) in [6.07, 6.45) is 0.741. The molecule has 0 saturated carbocycles. The van der Waals surface area contributed by atoms with Gasteiger partial charge in [-0.15, -0.1) is 22.7 Å². The van der Waals surface area contributed by atoms with Gasteiger partial charge in [-0.3, -0.25) is 10.1 Å². The lowest BCUT2D eigenvalue weighted by Crippen LogP contribution is -2.07. The fraction of sp³-hybridized carbons (Fsp3) is 0.231. The maximum atomic E-state index is 11.3. The van der Waals surface area contributed by atoms with E-state index in [1.165, 1.54) is 11.3 Å². The Kier molecular flexibility index (Phi) is 3.80. The minimum absolute atomic E-state index is 0.0454. The number of hydrogen-bond acceptors (Lipinski definition) is 7. The molecule has 0 radical (unpaired) electrons. The zero-order valence-corrected chi connectivity index (χ0v) is 12.8. The van der Waals surface area contributed by atoms with Gasteiger partial charge in [0.2, 0.25) is 0 Å². The molecule has 0 saturated heterocycles. The number of nitrogens with one attached hydrogen (secondary N) is 1. The van der Waals surface area contributed by atoms with Crippen molar-refractivity contribution in [3.05, 3.63) is 43.8 Å². The third-order valence-electron chi connectivity index (χ3n) is 2.98. The van der Waals surface area contributed by atoms with Crippen LogP contribution in [0.1, 0.15) is 10.7 Å². The van der Waals surface area contributed by atoms with Gasteiger partial charge in [0.1, 0.15) is 5.69 Å². The predicted octanol–water partition coefficient (Wildman–Crippen LogP) is 3.62. The van der Waals surface area contributed by atoms with Crippen molar-refractivity contribution in [1.82, 2.24) is 9.97 Å². The number of thiazole rings is 2. The fourth-order valence-corrected chi connectivity index (χ4v) is 3.52. The van der Waals surface area contributed by atoms with Crippen LogP contribution in [0.5, 0.6) is 0 Å². The molecular formula is C13H12N4O2S2. The Morgan fingerprint density at radius 1 is 1.38 bits per heavy atom. The Balaban J connectivity index is 1.80. The maximum Gasteiger partial charge on any atom is 0.319 e. The number of nitrogens with zero attached hydrogens (tertiary/aromatic N) is 3. The van der Waals surface area contributed by atoms with E-state index in [0.29, 0.717) is 17.7 Å². The van der Waals surface area contributed by atoms with Crippen LogP contribution in [-0.2, 0) is 6.42 Å². The van der Waals surface area contributed by atoms with Crippen LogP contribution >= 0.6 is 22.7 Å². The third-order valence-corrected chi connectivity index (χ3v) is 4.80. The molecule has 0 aliphatic rings. The lowest BCUT2D eigenvalue weighted by molar-refractivity contribution is -0.382. The molecule has 2 heterocycles. The van der Waals surface area contributed by atoms with Gasteiger partial charge in [-0.2, -0.15) is 0 Å². The molecule has 2 aromatic heterocycles. The summed E-state index contributed by atoms with van der Waals surface area (Å²) in [6, 6.07) is 3.60. The van der Waals surface area contributed by atoms with E-state index in [0.717, 1.165) is 21.8 Å². The highest BCUT2D eigenvalue weighted by Gasteiger charge is 2.20. The molecule has 1 aromatic carbocycles. The molecule has 0 spiro atoms. The van der Waals surface area contributed by atoms with Crippen molar-refractivity contribution in [1.29, 1.82) is 0 Å². The summed E-state index contributed by atoms with van der Waals surface area (Å²) < 4.78 is 0.822. The molecule has 108 valence electrons. The number of benzene rings is 1. The van der Waals surface area contributed by atoms with Crippen molar-refractivity contribution in [2.24, 2.45) is 0 Å². The number of hydrogen-bond donors (Lipinski definition) is 1. The summed E-state index contributed by atoms with van der Waals surface area (Å²) in [6.45, 7) is 2.55. The maximum absolute atomic E-state index is 11.3. The second kappa shape index (κ2) is 5.74. The number of nitro benzene ring substituents is 1. The molecule has 0 atom stereocenters. The molecule has 1 N–H and O–H groups in total. The third kappa shape index (κ3) is 2.86. The summed E-state index contributed by atoms with van der Waals surface area (Å²) in [5.41, 5.74) is 3.63. The van der Waals surface area contributed by atoms with Crippen LogP contribution in [0.15, 0.2) is 23.0 Å². The van der Waals surface area contributed by atoms with Crippen molar-refractivity contribution in [2.45, 2.75) is 13.3 Å². The van der Waals surface area contributed by atoms with Gasteiger partial charge in [0.25, 0.3) is 0 Å². The van der Waals surface area contributed by atoms with Crippen LogP contribution < -0.4 is 5.32 Å². The molecule has 3 aromatic rings. The molecule has 21 heavy (non-hydrogen) atoms. The van der Waals surface area contributed by atoms with Gasteiger partial charge >= 0.3 is 5.69 Å². The normalized spacial score (nSPS) is 10.9. The Labute approximate surface area is 128 Å². The van der Waals surface area contributed by atoms with Gasteiger partial charge in [-0.1, -0.05) is 0 Å². The highest BCUT2D eigenvalue weighted by molar-refractivity contribution is 7.16. The van der Waals surface area contributed by atoms with Crippen LogP contribution in [0.4, 0.5) is 11.4 Å². The predicted molar refractivity (Wildman–Crippen MR) is 85.3 cm³/mol. The van der Waals surface area contributed by atoms with Gasteiger partial charge in [-0.05, 0) is 19.1 Å². The van der Waals surface area contributed by atoms with Crippen LogP contribution in [-0.4, -0.2) is 21.4 Å². The van der Waals surface area contributed by atoms with E-state index in [1.807, 2.05) is 18.4 Å². The first kappa shape index (κ1) is 13.9. The van der Waals surface area contributed by atoms with Crippen LogP contribution in [0.3, 0.4) is 0 Å². The highest BCUT2D eigenvalue weighted by atomic mass is 32.1. The van der Waals surface area contributed by atoms with E-state index in [-0.39, 0.29) is 10.6 Å². The van der Waals surface area contributed by atoms with Crippen molar-refractivity contribution >= 4 is 44.3 Å². The summed E-state index contributed by atoms with van der Waals surface area (Å²) in [7, 11) is 0. The van der Waals surface area contributed by atoms with Crippen molar-refractivity contribution in [3.8, 4) is 0 Å². The number of fused-ring (bicyclic) bond motifs is 1. The smallest absolute Gasteiger partial charge is 0.319 e. The van der Waals surface area contributed by atoms with E-state index >= 15 is 0 Å². The van der Waals surface area contributed by atoms with Crippen LogP contribution in [0.25, 0.3) is 10.2 Å². The van der Waals surface area contributed by atoms with Gasteiger partial charge < -0.3 is 5.32 Å². The van der Waals surface area contributed by atoms with Crippen LogP contribution in [0, 0.1) is 17.0 Å². The minimum atomic E-state index is -0.377. The molecule has 0 fully saturated rings. The first-order chi connectivity index (χ1) is 10.1. The van der Waals surface area contributed by atoms with Crippen LogP contribution in [0.2, 0.25) is 0 Å². The second-order valence-corrected chi connectivity index (χ2v) is 6.31. The molecule has 0 amide bonds. The standard InChI is InChI=1S/C13H12N4O2S2/c1-8-6-20-11(16-8)4-5-14-9-2-3-10-12(15-7-21-10)13(9)17(18)19/h2-3,6-7,14H,4-5H2,1H3. The molecule has 8 heteroatoms. The zero-order valence-electron chi connectivity index (χ0n) is 11.2. The van der Waals surface area contributed by atoms with E-state index in [9.17, 15) is 10.1 Å². The Hall–Kier alpha value is -2.06. The largest absolute Gasteiger partial charge is 0.379 e. The second-order valence-electron chi connectivity index (χ2n) is 4.48. The average molecular weight is 320 g/mol. The lowest BCUT2D eigenvalue weighted by atomic mass is 10.2. The van der Waals surface area contributed by atoms with E-state index in [2.05, 4.69) is 15.3 Å². The molecule has 0 aliphatic heterocycles. The van der Waals surface area contributed by atoms with E-state index in [4.69, 9.17) is 0 Å². The van der Waals surface area contributed by atoms with Gasteiger partial charge in [0.05, 0.1) is 20.1 Å². The van der Waals surface area contributed by atoms with Gasteiger partial charge in [0.15, 0.2) is 5.52 Å². The quantitative estimate of drug-likeness (QED) is 0.573. The van der Waals surface area contributed by atoms with Crippen molar-refractivity contribution in [2.75, 3.05) is 11.9 Å². The molecule has 3 rings (SSSR count). The number of nitro groups is 1. The summed E-state index contributed by atoms with van der Waals surface area (Å²) >= 11 is 3.00. The highest BCUT2D eigenvalue weighted by Crippen LogP contribution is 2.34. The molecule has 6 nitrogen and oxygen atoms in total. The first-order valence-corrected chi connectivity index (χ1v) is 8.06. The SMILES string of the molecule is Cc1csc(CCNc2ccc3scnc3c2[N+](=O)[O-])n1. The Morgan fingerprint density at radius 2 is 2.24 bits per heavy atom. The average Bonchev–Trinajstić information content (AvgIpc) is 3.06. The Bertz CT molecular complexity index is 796. The Morgan fingerprint density at radius 3 is 2.95 bits per heavy atom.